The molecule has 0 aromatic heterocycles. The molecular formula is C19H29N3O4. The van der Waals surface area contributed by atoms with Crippen LogP contribution in [0.2, 0.25) is 0 Å². The van der Waals surface area contributed by atoms with Crippen molar-refractivity contribution >= 4 is 11.8 Å². The number of nitrogens with one attached hydrogen (secondary N) is 1. The Morgan fingerprint density at radius 1 is 1.35 bits per heavy atom. The third-order valence-corrected chi connectivity index (χ3v) is 4.33. The molecule has 0 radical (unpaired) electrons. The van der Waals surface area contributed by atoms with E-state index in [4.69, 9.17) is 10.5 Å². The normalized spacial score (nSPS) is 21.2. The summed E-state index contributed by atoms with van der Waals surface area (Å²) >= 11 is 0. The van der Waals surface area contributed by atoms with Gasteiger partial charge < -0.3 is 25.8 Å². The second-order valence-electron chi connectivity index (χ2n) is 7.22. The van der Waals surface area contributed by atoms with Gasteiger partial charge in [0.25, 0.3) is 11.8 Å². The Balaban J connectivity index is 1.96. The van der Waals surface area contributed by atoms with E-state index in [1.54, 1.807) is 24.3 Å². The van der Waals surface area contributed by atoms with Crippen LogP contribution < -0.4 is 15.8 Å². The number of amides is 2. The Bertz CT molecular complexity index is 603. The zero-order chi connectivity index (χ0) is 19.1. The fourth-order valence-electron chi connectivity index (χ4n) is 3.15. The number of aliphatic hydroxyl groups excluding tert-OH is 1. The number of ether oxygens (including phenoxy) is 1. The van der Waals surface area contributed by atoms with E-state index in [9.17, 15) is 14.7 Å². The van der Waals surface area contributed by atoms with Crippen LogP contribution in [0.4, 0.5) is 0 Å². The largest absolute Gasteiger partial charge is 0.484 e. The number of hydrogen-bond donors (Lipinski definition) is 3. The molecule has 7 heteroatoms. The summed E-state index contributed by atoms with van der Waals surface area (Å²) in [4.78, 5) is 25.5. The Labute approximate surface area is 154 Å². The third-order valence-electron chi connectivity index (χ3n) is 4.33. The minimum Gasteiger partial charge on any atom is -0.484 e. The van der Waals surface area contributed by atoms with Gasteiger partial charge in [0.05, 0.1) is 12.1 Å². The average molecular weight is 363 g/mol. The minimum absolute atomic E-state index is 0.203. The van der Waals surface area contributed by atoms with Crippen LogP contribution in [0.3, 0.4) is 0 Å². The van der Waals surface area contributed by atoms with Crippen LogP contribution in [0.15, 0.2) is 24.3 Å². The maximum atomic E-state index is 12.5. The third kappa shape index (κ3) is 6.31. The summed E-state index contributed by atoms with van der Waals surface area (Å²) < 4.78 is 5.18. The van der Waals surface area contributed by atoms with Crippen molar-refractivity contribution in [2.24, 2.45) is 11.7 Å². The standard InChI is InChI=1S/C19H29N3O4/c1-13(2)10-22-9-3-4-17(23)16(11-22)21-19(25)14-5-7-15(8-6-14)26-12-18(20)24/h5-8,13,16-17,23H,3-4,9-12H2,1-2H3,(H2,20,24)(H,21,25)/t16-,17-/m1/s1. The Kier molecular flexibility index (Phi) is 7.41. The molecule has 1 heterocycles. The highest BCUT2D eigenvalue weighted by molar-refractivity contribution is 5.94. The number of likely N-dealkylation sites (tertiary alicyclic amines) is 1. The lowest BCUT2D eigenvalue weighted by Crippen LogP contribution is -2.49. The average Bonchev–Trinajstić information content (AvgIpc) is 2.74. The summed E-state index contributed by atoms with van der Waals surface area (Å²) in [6, 6.07) is 6.19. The molecule has 4 N–H and O–H groups in total. The molecule has 0 saturated carbocycles. The van der Waals surface area contributed by atoms with Crippen molar-refractivity contribution in [3.05, 3.63) is 29.8 Å². The molecule has 0 aliphatic carbocycles. The quantitative estimate of drug-likeness (QED) is 0.663. The number of benzene rings is 1. The van der Waals surface area contributed by atoms with E-state index in [0.717, 1.165) is 19.5 Å². The second-order valence-corrected chi connectivity index (χ2v) is 7.22. The molecule has 1 fully saturated rings. The van der Waals surface area contributed by atoms with Gasteiger partial charge in [-0.2, -0.15) is 0 Å². The van der Waals surface area contributed by atoms with Crippen molar-refractivity contribution in [2.45, 2.75) is 38.8 Å². The lowest BCUT2D eigenvalue weighted by Gasteiger charge is -2.28. The van der Waals surface area contributed by atoms with Crippen LogP contribution in [0.1, 0.15) is 37.0 Å². The molecule has 0 bridgehead atoms. The topological polar surface area (TPSA) is 105 Å². The molecular weight excluding hydrogens is 334 g/mol. The Morgan fingerprint density at radius 3 is 2.65 bits per heavy atom. The van der Waals surface area contributed by atoms with Crippen LogP contribution in [0, 0.1) is 5.92 Å². The SMILES string of the molecule is CC(C)CN1CCC[C@@H](O)[C@H](NC(=O)c2ccc(OCC(N)=O)cc2)C1. The van der Waals surface area contributed by atoms with Crippen molar-refractivity contribution in [3.8, 4) is 5.75 Å². The van der Waals surface area contributed by atoms with Crippen molar-refractivity contribution in [3.63, 3.8) is 0 Å². The van der Waals surface area contributed by atoms with E-state index in [-0.39, 0.29) is 18.6 Å². The Hall–Kier alpha value is -2.12. The van der Waals surface area contributed by atoms with Crippen molar-refractivity contribution in [1.82, 2.24) is 10.2 Å². The maximum Gasteiger partial charge on any atom is 0.255 e. The molecule has 1 saturated heterocycles. The van der Waals surface area contributed by atoms with E-state index < -0.39 is 12.0 Å². The van der Waals surface area contributed by atoms with E-state index in [1.807, 2.05) is 0 Å². The zero-order valence-corrected chi connectivity index (χ0v) is 15.5. The van der Waals surface area contributed by atoms with Gasteiger partial charge in [0.1, 0.15) is 5.75 Å². The molecule has 2 amide bonds. The lowest BCUT2D eigenvalue weighted by molar-refractivity contribution is -0.119. The Morgan fingerprint density at radius 2 is 2.04 bits per heavy atom. The maximum absolute atomic E-state index is 12.5. The van der Waals surface area contributed by atoms with Gasteiger partial charge >= 0.3 is 0 Å². The van der Waals surface area contributed by atoms with Gasteiger partial charge in [0.2, 0.25) is 0 Å². The fourth-order valence-corrected chi connectivity index (χ4v) is 3.15. The molecule has 1 aromatic carbocycles. The van der Waals surface area contributed by atoms with Crippen molar-refractivity contribution in [2.75, 3.05) is 26.2 Å². The van der Waals surface area contributed by atoms with Gasteiger partial charge in [0.15, 0.2) is 6.61 Å². The highest BCUT2D eigenvalue weighted by Gasteiger charge is 2.27. The van der Waals surface area contributed by atoms with E-state index in [1.165, 1.54) is 0 Å². The summed E-state index contributed by atoms with van der Waals surface area (Å²) in [5.74, 6) is 0.217. The number of nitrogens with zero attached hydrogens (tertiary/aromatic N) is 1. The van der Waals surface area contributed by atoms with Gasteiger partial charge in [-0.1, -0.05) is 13.8 Å². The van der Waals surface area contributed by atoms with Crippen LogP contribution in [0.5, 0.6) is 5.75 Å². The summed E-state index contributed by atoms with van der Waals surface area (Å²) in [7, 11) is 0. The molecule has 144 valence electrons. The van der Waals surface area contributed by atoms with Gasteiger partial charge in [-0.25, -0.2) is 0 Å². The first kappa shape index (κ1) is 20.2. The predicted octanol–water partition coefficient (Wildman–Crippen LogP) is 0.762. The molecule has 0 unspecified atom stereocenters. The number of carbonyl (C=O) groups excluding carboxylic acids is 2. The monoisotopic (exact) mass is 363 g/mol. The summed E-state index contributed by atoms with van der Waals surface area (Å²) in [6.45, 7) is 6.66. The summed E-state index contributed by atoms with van der Waals surface area (Å²) in [6.07, 6.45) is 1.06. The number of hydrogen-bond acceptors (Lipinski definition) is 5. The van der Waals surface area contributed by atoms with Gasteiger partial charge in [-0.15, -0.1) is 0 Å². The van der Waals surface area contributed by atoms with Crippen LogP contribution in [-0.4, -0.2) is 60.2 Å². The predicted molar refractivity (Wildman–Crippen MR) is 98.9 cm³/mol. The van der Waals surface area contributed by atoms with Crippen molar-refractivity contribution < 1.29 is 19.4 Å². The molecule has 7 nitrogen and oxygen atoms in total. The molecule has 26 heavy (non-hydrogen) atoms. The van der Waals surface area contributed by atoms with Gasteiger partial charge in [0, 0.05) is 18.7 Å². The second kappa shape index (κ2) is 9.54. The summed E-state index contributed by atoms with van der Waals surface area (Å²) in [5.41, 5.74) is 5.51. The number of aliphatic hydroxyl groups is 1. The highest BCUT2D eigenvalue weighted by Crippen LogP contribution is 2.15. The van der Waals surface area contributed by atoms with E-state index >= 15 is 0 Å². The van der Waals surface area contributed by atoms with Crippen LogP contribution >= 0.6 is 0 Å². The molecule has 1 aliphatic heterocycles. The number of nitrogens with two attached hydrogens (primary N) is 1. The fraction of sp³-hybridized carbons (Fsp3) is 0.579. The molecule has 2 atom stereocenters. The minimum atomic E-state index is -0.555. The van der Waals surface area contributed by atoms with Crippen molar-refractivity contribution in [1.29, 1.82) is 0 Å². The smallest absolute Gasteiger partial charge is 0.255 e. The molecule has 0 spiro atoms. The first-order chi connectivity index (χ1) is 12.3. The zero-order valence-electron chi connectivity index (χ0n) is 15.5. The number of carbonyl (C=O) groups is 2. The number of primary amides is 1. The number of rotatable bonds is 7. The van der Waals surface area contributed by atoms with Crippen LogP contribution in [0.25, 0.3) is 0 Å². The highest BCUT2D eigenvalue weighted by atomic mass is 16.5. The van der Waals surface area contributed by atoms with Gasteiger partial charge in [-0.05, 0) is 49.6 Å². The van der Waals surface area contributed by atoms with Gasteiger partial charge in [-0.3, -0.25) is 9.59 Å². The molecule has 1 aromatic rings. The summed E-state index contributed by atoms with van der Waals surface area (Å²) in [5, 5.41) is 13.3. The van der Waals surface area contributed by atoms with Crippen LogP contribution in [-0.2, 0) is 4.79 Å². The molecule has 1 aliphatic rings. The first-order valence-electron chi connectivity index (χ1n) is 9.07. The molecule has 2 rings (SSSR count). The lowest BCUT2D eigenvalue weighted by atomic mass is 10.1. The van der Waals surface area contributed by atoms with E-state index in [2.05, 4.69) is 24.1 Å². The van der Waals surface area contributed by atoms with E-state index in [0.29, 0.717) is 30.2 Å². The first-order valence-corrected chi connectivity index (χ1v) is 9.07.